The van der Waals surface area contributed by atoms with Gasteiger partial charge in [0.15, 0.2) is 13.9 Å². The zero-order valence-corrected chi connectivity index (χ0v) is 21.3. The van der Waals surface area contributed by atoms with Gasteiger partial charge in [0.1, 0.15) is 0 Å². The fraction of sp³-hybridized carbons (Fsp3) is 0.462. The van der Waals surface area contributed by atoms with Crippen LogP contribution in [0.3, 0.4) is 0 Å². The largest absolute Gasteiger partial charge is 0.432 e. The summed E-state index contributed by atoms with van der Waals surface area (Å²) in [5, 5.41) is 9.58. The molecule has 1 spiro atoms. The third-order valence-electron chi connectivity index (χ3n) is 7.34. The molecule has 2 N–H and O–H groups in total. The molecule has 2 heterocycles. The molecule has 0 aliphatic carbocycles. The lowest BCUT2D eigenvalue weighted by Gasteiger charge is -2.32. The Morgan fingerprint density at radius 2 is 1.79 bits per heavy atom. The highest BCUT2D eigenvalue weighted by molar-refractivity contribution is 6.71. The molecular weight excluding hydrogens is 448 g/mol. The molecule has 34 heavy (non-hydrogen) atoms. The number of para-hydroxylation sites is 1. The van der Waals surface area contributed by atoms with Crippen LogP contribution in [0.1, 0.15) is 24.5 Å². The third kappa shape index (κ3) is 4.09. The lowest BCUT2D eigenvalue weighted by molar-refractivity contribution is -0.149. The minimum absolute atomic E-state index is 0.0414. The van der Waals surface area contributed by atoms with Gasteiger partial charge in [-0.1, -0.05) is 55.5 Å². The lowest BCUT2D eigenvalue weighted by atomic mass is 9.82. The number of benzene rings is 2. The Hall–Kier alpha value is -2.52. The summed E-state index contributed by atoms with van der Waals surface area (Å²) in [6.45, 7) is 6.09. The number of likely N-dealkylation sites (N-methyl/N-ethyl adjacent to an activating group) is 1. The Kier molecular flexibility index (Phi) is 6.70. The molecule has 1 fully saturated rings. The van der Waals surface area contributed by atoms with Crippen LogP contribution in [-0.2, 0) is 26.5 Å². The van der Waals surface area contributed by atoms with Gasteiger partial charge >= 0.3 is 0 Å². The number of nitrogens with zero attached hydrogens (tertiary/aromatic N) is 2. The van der Waals surface area contributed by atoms with Crippen molar-refractivity contribution in [3.63, 3.8) is 0 Å². The Morgan fingerprint density at radius 1 is 1.15 bits per heavy atom. The number of anilines is 1. The Labute approximate surface area is 202 Å². The molecule has 182 valence electrons. The van der Waals surface area contributed by atoms with Crippen LogP contribution in [0, 0.1) is 5.92 Å². The van der Waals surface area contributed by atoms with Crippen molar-refractivity contribution in [3.8, 4) is 0 Å². The minimum atomic E-state index is -2.83. The van der Waals surface area contributed by atoms with Crippen LogP contribution < -0.4 is 4.90 Å². The van der Waals surface area contributed by atoms with Gasteiger partial charge in [0.25, 0.3) is 5.91 Å². The first-order chi connectivity index (χ1) is 16.1. The molecule has 2 aliphatic rings. The van der Waals surface area contributed by atoms with Crippen LogP contribution >= 0.6 is 0 Å². The van der Waals surface area contributed by atoms with Gasteiger partial charge in [-0.25, -0.2) is 0 Å². The third-order valence-corrected chi connectivity index (χ3v) is 9.84. The van der Waals surface area contributed by atoms with Crippen molar-refractivity contribution in [3.05, 3.63) is 65.7 Å². The van der Waals surface area contributed by atoms with E-state index in [0.717, 1.165) is 16.8 Å². The predicted molar refractivity (Wildman–Crippen MR) is 133 cm³/mol. The molecule has 1 saturated heterocycles. The minimum Gasteiger partial charge on any atom is -0.432 e. The molecule has 0 saturated carbocycles. The highest BCUT2D eigenvalue weighted by atomic mass is 28.4. The smallest absolute Gasteiger partial charge is 0.264 e. The van der Waals surface area contributed by atoms with Crippen LogP contribution in [0.5, 0.6) is 0 Å². The first kappa shape index (κ1) is 24.6. The maximum absolute atomic E-state index is 13.6. The number of ether oxygens (including phenoxy) is 1. The van der Waals surface area contributed by atoms with Gasteiger partial charge in [-0.3, -0.25) is 9.59 Å². The van der Waals surface area contributed by atoms with Crippen molar-refractivity contribution in [2.24, 2.45) is 5.92 Å². The van der Waals surface area contributed by atoms with E-state index >= 15 is 0 Å². The molecule has 2 aliphatic heterocycles. The number of hydrogen-bond acceptors (Lipinski definition) is 5. The van der Waals surface area contributed by atoms with E-state index in [4.69, 9.17) is 4.74 Å². The van der Waals surface area contributed by atoms with E-state index in [1.54, 1.807) is 16.8 Å². The van der Waals surface area contributed by atoms with Gasteiger partial charge in [-0.05, 0) is 24.7 Å². The highest BCUT2D eigenvalue weighted by Crippen LogP contribution is 2.59. The quantitative estimate of drug-likeness (QED) is 0.593. The fourth-order valence-corrected chi connectivity index (χ4v) is 8.41. The molecule has 0 radical (unpaired) electrons. The number of fused-ring (bicyclic) bond motifs is 2. The number of rotatable bonds is 7. The van der Waals surface area contributed by atoms with Crippen molar-refractivity contribution < 1.29 is 24.2 Å². The average Bonchev–Trinajstić information content (AvgIpc) is 3.21. The first-order valence-corrected chi connectivity index (χ1v) is 14.8. The van der Waals surface area contributed by atoms with Crippen LogP contribution in [0.15, 0.2) is 54.6 Å². The van der Waals surface area contributed by atoms with E-state index in [1.807, 2.05) is 74.6 Å². The fourth-order valence-electron chi connectivity index (χ4n) is 5.86. The standard InChI is InChI=1S/C26H34N2O5Si/c1-18-24(34(3,4)32)22(16-23(30)28(14-15-29)17-19-10-6-5-7-11-19)33-26(18)20-12-8-9-13-21(20)27(2)25(26)31/h5-13,18,22,24,29,32H,14-17H2,1-4H3/t18-,22+,24-,26+/m1/s1. The predicted octanol–water partition coefficient (Wildman–Crippen LogP) is 2.87. The van der Waals surface area contributed by atoms with E-state index in [0.29, 0.717) is 6.54 Å². The summed E-state index contributed by atoms with van der Waals surface area (Å²) >= 11 is 0. The molecule has 4 rings (SSSR count). The SMILES string of the molecule is C[C@@H]1[C@@H]([Si](C)(C)O)[C@H](CC(=O)N(CCO)Cc2ccccc2)O[C@@]12C(=O)N(C)c1ccccc12. The van der Waals surface area contributed by atoms with Crippen LogP contribution in [-0.4, -0.2) is 61.2 Å². The molecule has 0 aromatic heterocycles. The summed E-state index contributed by atoms with van der Waals surface area (Å²) in [5.41, 5.74) is 1.04. The molecule has 0 bridgehead atoms. The molecule has 2 amide bonds. The van der Waals surface area contributed by atoms with Crippen molar-refractivity contribution in [1.82, 2.24) is 4.90 Å². The topological polar surface area (TPSA) is 90.3 Å². The number of hydrogen-bond donors (Lipinski definition) is 2. The lowest BCUT2D eigenvalue weighted by Crippen LogP contribution is -2.45. The number of carbonyl (C=O) groups is 2. The van der Waals surface area contributed by atoms with E-state index in [1.165, 1.54) is 0 Å². The maximum Gasteiger partial charge on any atom is 0.264 e. The second-order valence-electron chi connectivity index (χ2n) is 9.97. The summed E-state index contributed by atoms with van der Waals surface area (Å²) in [5.74, 6) is -0.616. The number of amides is 2. The van der Waals surface area contributed by atoms with Crippen molar-refractivity contribution >= 4 is 25.8 Å². The van der Waals surface area contributed by atoms with Gasteiger partial charge in [0.05, 0.1) is 24.8 Å². The molecule has 2 aromatic carbocycles. The Morgan fingerprint density at radius 3 is 2.44 bits per heavy atom. The number of aliphatic hydroxyl groups excluding tert-OH is 1. The Bertz CT molecular complexity index is 1060. The number of aliphatic hydroxyl groups is 1. The monoisotopic (exact) mass is 482 g/mol. The van der Waals surface area contributed by atoms with Crippen molar-refractivity contribution in [2.45, 2.75) is 50.2 Å². The van der Waals surface area contributed by atoms with Gasteiger partial charge in [-0.15, -0.1) is 0 Å². The molecule has 0 unspecified atom stereocenters. The van der Waals surface area contributed by atoms with Gasteiger partial charge in [-0.2, -0.15) is 0 Å². The van der Waals surface area contributed by atoms with Crippen LogP contribution in [0.4, 0.5) is 5.69 Å². The molecule has 7 nitrogen and oxygen atoms in total. The van der Waals surface area contributed by atoms with Gasteiger partial charge in [0.2, 0.25) is 5.91 Å². The second-order valence-corrected chi connectivity index (χ2v) is 13.9. The summed E-state index contributed by atoms with van der Waals surface area (Å²) in [6.07, 6.45) is -0.561. The zero-order valence-electron chi connectivity index (χ0n) is 20.3. The van der Waals surface area contributed by atoms with Crippen LogP contribution in [0.25, 0.3) is 0 Å². The molecule has 4 atom stereocenters. The maximum atomic E-state index is 13.6. The summed E-state index contributed by atoms with van der Waals surface area (Å²) in [7, 11) is -1.09. The summed E-state index contributed by atoms with van der Waals surface area (Å²) in [4.78, 5) is 41.5. The van der Waals surface area contributed by atoms with E-state index in [-0.39, 0.29) is 42.8 Å². The van der Waals surface area contributed by atoms with Gasteiger partial charge in [0, 0.05) is 37.2 Å². The highest BCUT2D eigenvalue weighted by Gasteiger charge is 2.65. The van der Waals surface area contributed by atoms with Crippen molar-refractivity contribution in [2.75, 3.05) is 25.1 Å². The van der Waals surface area contributed by atoms with Crippen LogP contribution in [0.2, 0.25) is 18.6 Å². The molecular formula is C26H34N2O5Si. The van der Waals surface area contributed by atoms with E-state index in [2.05, 4.69) is 0 Å². The molecule has 8 heteroatoms. The molecule has 2 aromatic rings. The van der Waals surface area contributed by atoms with E-state index in [9.17, 15) is 19.5 Å². The first-order valence-electron chi connectivity index (χ1n) is 11.8. The summed E-state index contributed by atoms with van der Waals surface area (Å²) in [6, 6.07) is 17.2. The average molecular weight is 483 g/mol. The van der Waals surface area contributed by atoms with Crippen molar-refractivity contribution in [1.29, 1.82) is 0 Å². The second kappa shape index (κ2) is 9.26. The van der Waals surface area contributed by atoms with E-state index < -0.39 is 20.0 Å². The zero-order chi connectivity index (χ0) is 24.7. The summed E-state index contributed by atoms with van der Waals surface area (Å²) < 4.78 is 6.59. The normalized spacial score (nSPS) is 26.2. The Balaban J connectivity index is 1.66. The van der Waals surface area contributed by atoms with Gasteiger partial charge < -0.3 is 24.4 Å². The number of carbonyl (C=O) groups excluding carboxylic acids is 2.